The fourth-order valence-electron chi connectivity index (χ4n) is 2.43. The normalized spacial score (nSPS) is 12.3. The van der Waals surface area contributed by atoms with Gasteiger partial charge in [-0.25, -0.2) is 9.97 Å². The van der Waals surface area contributed by atoms with Crippen molar-refractivity contribution in [2.75, 3.05) is 0 Å². The van der Waals surface area contributed by atoms with E-state index in [0.29, 0.717) is 34.1 Å². The first kappa shape index (κ1) is 16.7. The van der Waals surface area contributed by atoms with Crippen molar-refractivity contribution in [3.63, 3.8) is 0 Å². The first-order chi connectivity index (χ1) is 12.6. The zero-order chi connectivity index (χ0) is 18.1. The summed E-state index contributed by atoms with van der Waals surface area (Å²) < 4.78 is 7.14. The number of aromatic nitrogens is 7. The molecule has 0 bridgehead atoms. The molecule has 1 unspecified atom stereocenters. The van der Waals surface area contributed by atoms with E-state index in [1.807, 2.05) is 19.2 Å². The highest BCUT2D eigenvalue weighted by atomic mass is 35.5. The minimum atomic E-state index is -0.538. The van der Waals surface area contributed by atoms with E-state index >= 15 is 0 Å². The maximum absolute atomic E-state index is 6.01. The van der Waals surface area contributed by atoms with Gasteiger partial charge in [0.1, 0.15) is 17.3 Å². The Balaban J connectivity index is 1.65. The van der Waals surface area contributed by atoms with Gasteiger partial charge in [-0.05, 0) is 18.2 Å². The molecule has 130 valence electrons. The zero-order valence-corrected chi connectivity index (χ0v) is 15.1. The van der Waals surface area contributed by atoms with Gasteiger partial charge in [-0.2, -0.15) is 17.6 Å². The minimum Gasteiger partial charge on any atom is -0.337 e. The maximum atomic E-state index is 6.01. The lowest BCUT2D eigenvalue weighted by atomic mass is 10.2. The summed E-state index contributed by atoms with van der Waals surface area (Å²) >= 11 is 10.6. The van der Waals surface area contributed by atoms with Crippen molar-refractivity contribution in [2.45, 2.75) is 5.25 Å². The third-order valence-electron chi connectivity index (χ3n) is 3.72. The number of halogens is 1. The van der Waals surface area contributed by atoms with Gasteiger partial charge in [-0.15, -0.1) is 10.2 Å². The molecule has 1 aromatic carbocycles. The summed E-state index contributed by atoms with van der Waals surface area (Å²) in [5.74, 6) is 1.90. The molecular weight excluding hydrogens is 374 g/mol. The average molecular weight is 386 g/mol. The second-order valence-corrected chi connectivity index (χ2v) is 6.36. The summed E-state index contributed by atoms with van der Waals surface area (Å²) in [5, 5.41) is 12.4. The molecule has 0 aliphatic rings. The summed E-state index contributed by atoms with van der Waals surface area (Å²) in [6, 6.07) is 8.97. The van der Waals surface area contributed by atoms with Crippen LogP contribution >= 0.6 is 24.2 Å². The average Bonchev–Trinajstić information content (AvgIpc) is 3.29. The molecule has 0 amide bonds. The predicted octanol–water partition coefficient (Wildman–Crippen LogP) is 2.99. The molecule has 4 aromatic rings. The predicted molar refractivity (Wildman–Crippen MR) is 97.6 cm³/mol. The van der Waals surface area contributed by atoms with Gasteiger partial charge in [0.2, 0.25) is 11.7 Å². The van der Waals surface area contributed by atoms with Gasteiger partial charge >= 0.3 is 0 Å². The van der Waals surface area contributed by atoms with Crippen LogP contribution in [0.2, 0.25) is 5.02 Å². The fraction of sp³-hybridized carbons (Fsp3) is 0.125. The number of thiol groups is 1. The maximum Gasteiger partial charge on any atom is 0.247 e. The van der Waals surface area contributed by atoms with Gasteiger partial charge in [0, 0.05) is 23.8 Å². The molecule has 10 heteroatoms. The van der Waals surface area contributed by atoms with Gasteiger partial charge in [0.05, 0.1) is 0 Å². The Morgan fingerprint density at radius 2 is 2.12 bits per heavy atom. The van der Waals surface area contributed by atoms with Gasteiger partial charge in [-0.3, -0.25) is 0 Å². The second-order valence-electron chi connectivity index (χ2n) is 5.40. The van der Waals surface area contributed by atoms with E-state index in [1.54, 1.807) is 29.0 Å². The van der Waals surface area contributed by atoms with Crippen LogP contribution in [0.1, 0.15) is 17.0 Å². The van der Waals surface area contributed by atoms with Crippen molar-refractivity contribution in [3.05, 3.63) is 59.6 Å². The largest absolute Gasteiger partial charge is 0.337 e. The minimum absolute atomic E-state index is 0.313. The molecule has 0 aliphatic carbocycles. The van der Waals surface area contributed by atoms with E-state index in [4.69, 9.17) is 16.1 Å². The highest BCUT2D eigenvalue weighted by Gasteiger charge is 2.24. The van der Waals surface area contributed by atoms with Crippen molar-refractivity contribution >= 4 is 24.2 Å². The lowest BCUT2D eigenvalue weighted by Crippen LogP contribution is -2.04. The number of benzene rings is 1. The first-order valence-electron chi connectivity index (χ1n) is 7.57. The molecular formula is C16H12ClN7OS. The van der Waals surface area contributed by atoms with Crippen LogP contribution in [-0.2, 0) is 7.05 Å². The number of rotatable bonds is 4. The van der Waals surface area contributed by atoms with E-state index in [2.05, 4.69) is 42.9 Å². The van der Waals surface area contributed by atoms with E-state index in [0.717, 1.165) is 5.56 Å². The van der Waals surface area contributed by atoms with E-state index in [1.165, 1.54) is 6.33 Å². The smallest absolute Gasteiger partial charge is 0.247 e. The third kappa shape index (κ3) is 3.06. The number of hydrogen-bond acceptors (Lipinski definition) is 8. The molecule has 0 radical (unpaired) electrons. The Morgan fingerprint density at radius 1 is 1.23 bits per heavy atom. The van der Waals surface area contributed by atoms with Gasteiger partial charge in [0.15, 0.2) is 11.6 Å². The van der Waals surface area contributed by atoms with Crippen LogP contribution < -0.4 is 0 Å². The van der Waals surface area contributed by atoms with E-state index < -0.39 is 5.25 Å². The van der Waals surface area contributed by atoms with Gasteiger partial charge in [-0.1, -0.05) is 28.9 Å². The first-order valence-corrected chi connectivity index (χ1v) is 8.46. The third-order valence-corrected chi connectivity index (χ3v) is 4.41. The zero-order valence-electron chi connectivity index (χ0n) is 13.5. The lowest BCUT2D eigenvalue weighted by molar-refractivity contribution is 0.381. The SMILES string of the molecule is Cn1c(-c2ccncn2)nnc1C(S)c1nc(-c2cccc(Cl)c2)no1. The molecule has 0 saturated carbocycles. The number of nitrogens with zero attached hydrogens (tertiary/aromatic N) is 7. The Labute approximate surface area is 158 Å². The van der Waals surface area contributed by atoms with Gasteiger partial charge in [0.25, 0.3) is 0 Å². The molecule has 0 saturated heterocycles. The highest BCUT2D eigenvalue weighted by Crippen LogP contribution is 2.29. The van der Waals surface area contributed by atoms with Crippen molar-refractivity contribution < 1.29 is 4.52 Å². The Bertz CT molecular complexity index is 1050. The number of hydrogen-bond donors (Lipinski definition) is 1. The molecule has 0 fully saturated rings. The Hall–Kier alpha value is -2.78. The van der Waals surface area contributed by atoms with Crippen LogP contribution in [0, 0.1) is 0 Å². The van der Waals surface area contributed by atoms with Crippen LogP contribution in [0.3, 0.4) is 0 Å². The summed E-state index contributed by atoms with van der Waals surface area (Å²) in [6.07, 6.45) is 3.10. The van der Waals surface area contributed by atoms with Gasteiger partial charge < -0.3 is 9.09 Å². The van der Waals surface area contributed by atoms with Crippen molar-refractivity contribution in [1.82, 2.24) is 34.9 Å². The summed E-state index contributed by atoms with van der Waals surface area (Å²) in [4.78, 5) is 12.5. The second kappa shape index (κ2) is 6.85. The van der Waals surface area contributed by atoms with Crippen molar-refractivity contribution in [2.24, 2.45) is 7.05 Å². The van der Waals surface area contributed by atoms with Crippen molar-refractivity contribution in [3.8, 4) is 22.9 Å². The van der Waals surface area contributed by atoms with Crippen LogP contribution in [0.5, 0.6) is 0 Å². The standard InChI is InChI=1S/C16H12ClN7OS/c1-24-14(11-5-6-18-8-19-11)21-22-15(24)12(26)16-20-13(23-25-16)9-3-2-4-10(17)7-9/h2-8,12,26H,1H3. The topological polar surface area (TPSA) is 95.4 Å². The van der Waals surface area contributed by atoms with Crippen LogP contribution in [0.15, 0.2) is 47.4 Å². The van der Waals surface area contributed by atoms with E-state index in [9.17, 15) is 0 Å². The summed E-state index contributed by atoms with van der Waals surface area (Å²) in [7, 11) is 1.82. The van der Waals surface area contributed by atoms with Crippen molar-refractivity contribution in [1.29, 1.82) is 0 Å². The molecule has 0 aliphatic heterocycles. The molecule has 0 N–H and O–H groups in total. The Morgan fingerprint density at radius 3 is 2.88 bits per heavy atom. The molecule has 3 heterocycles. The Kier molecular flexibility index (Phi) is 4.39. The molecule has 4 rings (SSSR count). The van der Waals surface area contributed by atoms with Crippen LogP contribution in [0.4, 0.5) is 0 Å². The molecule has 1 atom stereocenters. The molecule has 26 heavy (non-hydrogen) atoms. The summed E-state index contributed by atoms with van der Waals surface area (Å²) in [6.45, 7) is 0. The van der Waals surface area contributed by atoms with E-state index in [-0.39, 0.29) is 0 Å². The monoisotopic (exact) mass is 385 g/mol. The molecule has 8 nitrogen and oxygen atoms in total. The van der Waals surface area contributed by atoms with Crippen LogP contribution in [-0.4, -0.2) is 34.9 Å². The highest BCUT2D eigenvalue weighted by molar-refractivity contribution is 7.80. The molecule has 0 spiro atoms. The molecule has 3 aromatic heterocycles. The lowest BCUT2D eigenvalue weighted by Gasteiger charge is -2.06. The fourth-order valence-corrected chi connectivity index (χ4v) is 2.95. The summed E-state index contributed by atoms with van der Waals surface area (Å²) in [5.41, 5.74) is 1.42. The van der Waals surface area contributed by atoms with Crippen LogP contribution in [0.25, 0.3) is 22.9 Å². The quantitative estimate of drug-likeness (QED) is 0.539.